The van der Waals surface area contributed by atoms with Gasteiger partial charge in [-0.2, -0.15) is 0 Å². The molecule has 1 saturated heterocycles. The maximum absolute atomic E-state index is 12.0. The van der Waals surface area contributed by atoms with E-state index in [0.29, 0.717) is 0 Å². The molecule has 0 unspecified atom stereocenters. The molecule has 0 spiro atoms. The summed E-state index contributed by atoms with van der Waals surface area (Å²) in [5.41, 5.74) is 0.160. The smallest absolute Gasteiger partial charge is 0.424 e. The topological polar surface area (TPSA) is 137 Å². The van der Waals surface area contributed by atoms with Crippen molar-refractivity contribution in [2.75, 3.05) is 11.7 Å². The molecule has 0 N–H and O–H groups in total. The molecule has 1 aromatic carbocycles. The first-order chi connectivity index (χ1) is 13.4. The highest BCUT2D eigenvalue weighted by Gasteiger charge is 2.33. The van der Waals surface area contributed by atoms with Crippen molar-refractivity contribution in [2.24, 2.45) is 0 Å². The van der Waals surface area contributed by atoms with Crippen LogP contribution in [0.3, 0.4) is 0 Å². The van der Waals surface area contributed by atoms with Crippen molar-refractivity contribution in [3.8, 4) is 0 Å². The molecule has 1 aromatic rings. The normalized spacial score (nSPS) is 16.0. The van der Waals surface area contributed by atoms with E-state index in [9.17, 15) is 28.8 Å². The molecule has 0 saturated carbocycles. The fraction of sp³-hybridized carbons (Fsp3) is 0.176. The molecular weight excluding hydrogens is 376 g/mol. The molecule has 2 aliphatic heterocycles. The molecule has 0 atom stereocenters. The van der Waals surface area contributed by atoms with E-state index in [-0.39, 0.29) is 29.2 Å². The summed E-state index contributed by atoms with van der Waals surface area (Å²) in [6, 6.07) is 5.51. The first-order valence-corrected chi connectivity index (χ1v) is 7.90. The summed E-state index contributed by atoms with van der Waals surface area (Å²) in [5.74, 6) is -3.37. The maximum Gasteiger partial charge on any atom is 0.536 e. The number of rotatable bonds is 5. The molecule has 4 amide bonds. The highest BCUT2D eigenvalue weighted by atomic mass is 16.9. The van der Waals surface area contributed by atoms with Gasteiger partial charge in [-0.1, -0.05) is 11.1 Å². The zero-order chi connectivity index (χ0) is 20.3. The van der Waals surface area contributed by atoms with Crippen LogP contribution >= 0.6 is 0 Å². The van der Waals surface area contributed by atoms with Crippen LogP contribution in [-0.2, 0) is 33.5 Å². The zero-order valence-corrected chi connectivity index (χ0v) is 14.2. The predicted molar refractivity (Wildman–Crippen MR) is 87.0 cm³/mol. The maximum atomic E-state index is 12.0. The molecule has 28 heavy (non-hydrogen) atoms. The molecule has 3 rings (SSSR count). The Morgan fingerprint density at radius 2 is 1.57 bits per heavy atom. The van der Waals surface area contributed by atoms with E-state index in [1.807, 2.05) is 0 Å². The fourth-order valence-corrected chi connectivity index (χ4v) is 2.40. The van der Waals surface area contributed by atoms with Gasteiger partial charge in [-0.05, 0) is 18.2 Å². The van der Waals surface area contributed by atoms with Gasteiger partial charge < -0.3 is 9.47 Å². The first kappa shape index (κ1) is 18.8. The van der Waals surface area contributed by atoms with E-state index >= 15 is 0 Å². The van der Waals surface area contributed by atoms with Crippen LogP contribution in [0.5, 0.6) is 0 Å². The minimum atomic E-state index is -1.40. The van der Waals surface area contributed by atoms with Crippen molar-refractivity contribution in [2.45, 2.75) is 12.8 Å². The van der Waals surface area contributed by atoms with Gasteiger partial charge in [-0.15, -0.1) is 0 Å². The summed E-state index contributed by atoms with van der Waals surface area (Å²) < 4.78 is 9.21. The van der Waals surface area contributed by atoms with E-state index in [0.717, 1.165) is 17.1 Å². The molecule has 2 aliphatic rings. The number of hydrogen-bond acceptors (Lipinski definition) is 9. The average Bonchev–Trinajstić information content (AvgIpc) is 3.17. The minimum Gasteiger partial charge on any atom is -0.424 e. The largest absolute Gasteiger partial charge is 0.536 e. The van der Waals surface area contributed by atoms with E-state index < -0.39 is 42.5 Å². The standard InChI is InChI=1S/C17H12N2O9/c20-12-4-5-13(21)18(12)11-3-1-2-10(8-11)16(24)26-9-27-17(25)28-19-14(22)6-7-15(19)23/h1-5,8H,6-7,9H2. The van der Waals surface area contributed by atoms with Gasteiger partial charge in [0.05, 0.1) is 11.3 Å². The number of imide groups is 2. The molecule has 0 bridgehead atoms. The van der Waals surface area contributed by atoms with Crippen molar-refractivity contribution < 1.29 is 43.1 Å². The van der Waals surface area contributed by atoms with Gasteiger partial charge in [0.1, 0.15) is 0 Å². The third-order valence-electron chi connectivity index (χ3n) is 3.69. The lowest BCUT2D eigenvalue weighted by Gasteiger charge is -2.15. The van der Waals surface area contributed by atoms with Crippen LogP contribution in [0.4, 0.5) is 10.5 Å². The van der Waals surface area contributed by atoms with Crippen LogP contribution < -0.4 is 4.90 Å². The lowest BCUT2D eigenvalue weighted by Crippen LogP contribution is -2.32. The number of hydrogen-bond donors (Lipinski definition) is 0. The number of carbonyl (C=O) groups excluding carboxylic acids is 6. The molecule has 144 valence electrons. The summed E-state index contributed by atoms with van der Waals surface area (Å²) in [7, 11) is 0. The minimum absolute atomic E-state index is 0.00753. The third-order valence-corrected chi connectivity index (χ3v) is 3.69. The number of benzene rings is 1. The molecule has 0 aliphatic carbocycles. The van der Waals surface area contributed by atoms with Gasteiger partial charge in [-0.3, -0.25) is 24.0 Å². The van der Waals surface area contributed by atoms with Gasteiger partial charge in [0.25, 0.3) is 23.6 Å². The Morgan fingerprint density at radius 1 is 0.929 bits per heavy atom. The van der Waals surface area contributed by atoms with Gasteiger partial charge in [0, 0.05) is 25.0 Å². The highest BCUT2D eigenvalue weighted by molar-refractivity contribution is 6.28. The molecule has 11 heteroatoms. The second-order valence-corrected chi connectivity index (χ2v) is 5.51. The number of amides is 4. The van der Waals surface area contributed by atoms with E-state index in [2.05, 4.69) is 9.57 Å². The second kappa shape index (κ2) is 7.70. The number of ether oxygens (including phenoxy) is 2. The van der Waals surface area contributed by atoms with Gasteiger partial charge >= 0.3 is 12.1 Å². The summed E-state index contributed by atoms with van der Waals surface area (Å²) >= 11 is 0. The fourth-order valence-electron chi connectivity index (χ4n) is 2.40. The van der Waals surface area contributed by atoms with Gasteiger partial charge in [-0.25, -0.2) is 14.5 Å². The number of hydroxylamine groups is 2. The molecule has 11 nitrogen and oxygen atoms in total. The molecular formula is C17H12N2O9. The van der Waals surface area contributed by atoms with Gasteiger partial charge in [0.15, 0.2) is 0 Å². The summed E-state index contributed by atoms with van der Waals surface area (Å²) in [6.07, 6.45) is 0.652. The monoisotopic (exact) mass is 388 g/mol. The molecule has 1 fully saturated rings. The Balaban J connectivity index is 1.53. The Morgan fingerprint density at radius 3 is 2.21 bits per heavy atom. The van der Waals surface area contributed by atoms with Crippen LogP contribution in [0.1, 0.15) is 23.2 Å². The first-order valence-electron chi connectivity index (χ1n) is 7.90. The van der Waals surface area contributed by atoms with Crippen molar-refractivity contribution in [1.29, 1.82) is 0 Å². The molecule has 0 radical (unpaired) electrons. The van der Waals surface area contributed by atoms with Crippen LogP contribution in [0.2, 0.25) is 0 Å². The quantitative estimate of drug-likeness (QED) is 0.400. The number of anilines is 1. The SMILES string of the molecule is O=C(OCOC(=O)c1cccc(N2C(=O)C=CC2=O)c1)ON1C(=O)CCC1=O. The Kier molecular flexibility index (Phi) is 5.16. The van der Waals surface area contributed by atoms with Crippen LogP contribution in [-0.4, -0.2) is 47.6 Å². The van der Waals surface area contributed by atoms with Crippen LogP contribution in [0, 0.1) is 0 Å². The number of carbonyl (C=O) groups is 6. The highest BCUT2D eigenvalue weighted by Crippen LogP contribution is 2.20. The second-order valence-electron chi connectivity index (χ2n) is 5.51. The van der Waals surface area contributed by atoms with Crippen LogP contribution in [0.25, 0.3) is 0 Å². The lowest BCUT2D eigenvalue weighted by atomic mass is 10.2. The summed E-state index contributed by atoms with van der Waals surface area (Å²) in [5, 5.41) is 0.283. The number of nitrogens with zero attached hydrogens (tertiary/aromatic N) is 2. The Labute approximate surface area is 157 Å². The van der Waals surface area contributed by atoms with Crippen molar-refractivity contribution in [3.05, 3.63) is 42.0 Å². The van der Waals surface area contributed by atoms with E-state index in [1.54, 1.807) is 0 Å². The average molecular weight is 388 g/mol. The Hall–Kier alpha value is -4.02. The summed E-state index contributed by atoms with van der Waals surface area (Å²) in [4.78, 5) is 74.7. The van der Waals surface area contributed by atoms with Crippen molar-refractivity contribution in [3.63, 3.8) is 0 Å². The van der Waals surface area contributed by atoms with E-state index in [4.69, 9.17) is 4.74 Å². The molecule has 0 aromatic heterocycles. The van der Waals surface area contributed by atoms with Crippen LogP contribution in [0.15, 0.2) is 36.4 Å². The van der Waals surface area contributed by atoms with Crippen molar-refractivity contribution >= 4 is 41.4 Å². The third kappa shape index (κ3) is 3.87. The lowest BCUT2D eigenvalue weighted by molar-refractivity contribution is -0.179. The predicted octanol–water partition coefficient (Wildman–Crippen LogP) is 0.447. The zero-order valence-electron chi connectivity index (χ0n) is 14.2. The number of esters is 1. The Bertz CT molecular complexity index is 887. The van der Waals surface area contributed by atoms with E-state index in [1.165, 1.54) is 24.3 Å². The summed E-state index contributed by atoms with van der Waals surface area (Å²) in [6.45, 7) is -0.846. The van der Waals surface area contributed by atoms with Crippen molar-refractivity contribution in [1.82, 2.24) is 5.06 Å². The van der Waals surface area contributed by atoms with Gasteiger partial charge in [0.2, 0.25) is 6.79 Å². The molecule has 2 heterocycles.